The van der Waals surface area contributed by atoms with Gasteiger partial charge in [0.05, 0.1) is 11.5 Å². The van der Waals surface area contributed by atoms with E-state index in [2.05, 4.69) is 13.8 Å². The summed E-state index contributed by atoms with van der Waals surface area (Å²) < 4.78 is 0. The van der Waals surface area contributed by atoms with Crippen molar-refractivity contribution in [3.63, 3.8) is 0 Å². The number of rotatable bonds is 5. The van der Waals surface area contributed by atoms with E-state index < -0.39 is 11.5 Å². The van der Waals surface area contributed by atoms with Crippen molar-refractivity contribution in [1.29, 1.82) is 0 Å². The summed E-state index contributed by atoms with van der Waals surface area (Å²) >= 11 is 0. The molecule has 0 aromatic heterocycles. The van der Waals surface area contributed by atoms with Gasteiger partial charge in [-0.3, -0.25) is 0 Å². The minimum Gasteiger partial charge on any atom is -0.388 e. The maximum Gasteiger partial charge on any atom is 0.129 e. The molecule has 1 aliphatic rings. The minimum atomic E-state index is -0.587. The van der Waals surface area contributed by atoms with Crippen LogP contribution in [-0.2, 0) is 4.79 Å². The maximum atomic E-state index is 11.3. The highest BCUT2D eigenvalue weighted by Gasteiger charge is 2.42. The molecule has 2 nitrogen and oxygen atoms in total. The zero-order chi connectivity index (χ0) is 11.3. The Balaban J connectivity index is 2.74. The Bertz CT molecular complexity index is 235. The van der Waals surface area contributed by atoms with Crippen LogP contribution in [0.3, 0.4) is 0 Å². The second-order valence-corrected chi connectivity index (χ2v) is 4.69. The van der Waals surface area contributed by atoms with Crippen LogP contribution in [0.5, 0.6) is 0 Å². The maximum absolute atomic E-state index is 11.3. The highest BCUT2D eigenvalue weighted by atomic mass is 16.3. The number of carbonyl (C=O) groups excluding carboxylic acids is 1. The fourth-order valence-electron chi connectivity index (χ4n) is 2.45. The molecular weight excluding hydrogens is 188 g/mol. The summed E-state index contributed by atoms with van der Waals surface area (Å²) in [5.74, 6) is 0.273. The predicted octanol–water partition coefficient (Wildman–Crippen LogP) is 2.71. The summed E-state index contributed by atoms with van der Waals surface area (Å²) in [6.45, 7) is 4.24. The third-order valence-corrected chi connectivity index (χ3v) is 3.74. The van der Waals surface area contributed by atoms with Crippen LogP contribution in [0.15, 0.2) is 12.2 Å². The van der Waals surface area contributed by atoms with Gasteiger partial charge in [0.2, 0.25) is 0 Å². The lowest BCUT2D eigenvalue weighted by atomic mass is 9.66. The number of carbonyl (C=O) groups is 1. The van der Waals surface area contributed by atoms with Gasteiger partial charge in [0.1, 0.15) is 6.29 Å². The first-order valence-electron chi connectivity index (χ1n) is 5.98. The van der Waals surface area contributed by atoms with Crippen molar-refractivity contribution in [1.82, 2.24) is 0 Å². The van der Waals surface area contributed by atoms with Crippen molar-refractivity contribution in [2.75, 3.05) is 0 Å². The standard InChI is InChI=1S/C13H22O2/c1-3-4-7-11(2)13(10-14)9-6-5-8-12(13)15/h5,8,10-12,15H,3-4,6-7,9H2,1-2H3. The summed E-state index contributed by atoms with van der Waals surface area (Å²) in [5, 5.41) is 9.97. The Hall–Kier alpha value is -0.630. The van der Waals surface area contributed by atoms with Crippen LogP contribution in [0.1, 0.15) is 46.0 Å². The largest absolute Gasteiger partial charge is 0.388 e. The molecule has 0 saturated heterocycles. The van der Waals surface area contributed by atoms with Crippen molar-refractivity contribution < 1.29 is 9.90 Å². The first kappa shape index (κ1) is 12.4. The molecule has 0 bridgehead atoms. The predicted molar refractivity (Wildman–Crippen MR) is 61.6 cm³/mol. The summed E-state index contributed by atoms with van der Waals surface area (Å²) in [7, 11) is 0. The molecule has 86 valence electrons. The zero-order valence-corrected chi connectivity index (χ0v) is 9.78. The molecule has 15 heavy (non-hydrogen) atoms. The van der Waals surface area contributed by atoms with E-state index in [1.807, 2.05) is 6.08 Å². The number of aldehydes is 1. The first-order chi connectivity index (χ1) is 7.17. The fourth-order valence-corrected chi connectivity index (χ4v) is 2.45. The van der Waals surface area contributed by atoms with Crippen molar-refractivity contribution in [2.45, 2.75) is 52.1 Å². The number of allylic oxidation sites excluding steroid dienone is 1. The van der Waals surface area contributed by atoms with E-state index in [1.165, 1.54) is 0 Å². The van der Waals surface area contributed by atoms with Gasteiger partial charge in [-0.2, -0.15) is 0 Å². The molecule has 3 unspecified atom stereocenters. The van der Waals surface area contributed by atoms with E-state index in [0.29, 0.717) is 0 Å². The first-order valence-corrected chi connectivity index (χ1v) is 5.98. The highest BCUT2D eigenvalue weighted by molar-refractivity contribution is 5.62. The lowest BCUT2D eigenvalue weighted by Crippen LogP contribution is -2.43. The van der Waals surface area contributed by atoms with E-state index >= 15 is 0 Å². The Morgan fingerprint density at radius 1 is 1.67 bits per heavy atom. The minimum absolute atomic E-state index is 0.273. The monoisotopic (exact) mass is 210 g/mol. The summed E-state index contributed by atoms with van der Waals surface area (Å²) in [6, 6.07) is 0. The van der Waals surface area contributed by atoms with Gasteiger partial charge in [-0.25, -0.2) is 0 Å². The molecule has 0 amide bonds. The smallest absolute Gasteiger partial charge is 0.129 e. The van der Waals surface area contributed by atoms with Crippen molar-refractivity contribution in [3.05, 3.63) is 12.2 Å². The number of aliphatic hydroxyl groups is 1. The summed E-state index contributed by atoms with van der Waals surface area (Å²) in [4.78, 5) is 11.3. The van der Waals surface area contributed by atoms with E-state index in [1.54, 1.807) is 6.08 Å². The normalized spacial score (nSPS) is 32.6. The molecule has 1 aliphatic carbocycles. The lowest BCUT2D eigenvalue weighted by Gasteiger charge is -2.39. The lowest BCUT2D eigenvalue weighted by molar-refractivity contribution is -0.126. The molecule has 3 atom stereocenters. The molecule has 0 aliphatic heterocycles. The third-order valence-electron chi connectivity index (χ3n) is 3.74. The van der Waals surface area contributed by atoms with Gasteiger partial charge < -0.3 is 9.90 Å². The quantitative estimate of drug-likeness (QED) is 0.559. The molecule has 0 heterocycles. The van der Waals surface area contributed by atoms with E-state index in [0.717, 1.165) is 38.4 Å². The second-order valence-electron chi connectivity index (χ2n) is 4.69. The molecular formula is C13H22O2. The molecule has 0 aromatic rings. The Morgan fingerprint density at radius 3 is 2.93 bits per heavy atom. The van der Waals surface area contributed by atoms with Crippen LogP contribution in [0.2, 0.25) is 0 Å². The topological polar surface area (TPSA) is 37.3 Å². The molecule has 0 radical (unpaired) electrons. The van der Waals surface area contributed by atoms with Crippen LogP contribution in [0.25, 0.3) is 0 Å². The summed E-state index contributed by atoms with van der Waals surface area (Å²) in [6.07, 6.45) is 9.15. The molecule has 0 fully saturated rings. The van der Waals surface area contributed by atoms with Gasteiger partial charge in [-0.1, -0.05) is 38.8 Å². The molecule has 0 spiro atoms. The Labute approximate surface area is 92.4 Å². The van der Waals surface area contributed by atoms with Gasteiger partial charge in [0.15, 0.2) is 0 Å². The van der Waals surface area contributed by atoms with Gasteiger partial charge in [0, 0.05) is 0 Å². The van der Waals surface area contributed by atoms with Gasteiger partial charge in [-0.05, 0) is 25.2 Å². The van der Waals surface area contributed by atoms with Crippen LogP contribution < -0.4 is 0 Å². The fraction of sp³-hybridized carbons (Fsp3) is 0.769. The second kappa shape index (κ2) is 5.45. The molecule has 0 saturated carbocycles. The van der Waals surface area contributed by atoms with Crippen molar-refractivity contribution in [3.8, 4) is 0 Å². The number of hydrogen-bond donors (Lipinski definition) is 1. The third kappa shape index (κ3) is 2.49. The molecule has 1 N–H and O–H groups in total. The number of aliphatic hydroxyl groups excluding tert-OH is 1. The Kier molecular flexibility index (Phi) is 4.52. The van der Waals surface area contributed by atoms with Gasteiger partial charge in [-0.15, -0.1) is 0 Å². The summed E-state index contributed by atoms with van der Waals surface area (Å²) in [5.41, 5.74) is -0.524. The van der Waals surface area contributed by atoms with Crippen molar-refractivity contribution >= 4 is 6.29 Å². The zero-order valence-electron chi connectivity index (χ0n) is 9.78. The molecule has 0 aromatic carbocycles. The average molecular weight is 210 g/mol. The average Bonchev–Trinajstić information content (AvgIpc) is 2.27. The number of unbranched alkanes of at least 4 members (excludes halogenated alkanes) is 1. The van der Waals surface area contributed by atoms with Crippen LogP contribution in [-0.4, -0.2) is 17.5 Å². The van der Waals surface area contributed by atoms with E-state index in [-0.39, 0.29) is 5.92 Å². The highest BCUT2D eigenvalue weighted by Crippen LogP contribution is 2.40. The number of hydrogen-bond acceptors (Lipinski definition) is 2. The van der Waals surface area contributed by atoms with E-state index in [9.17, 15) is 9.90 Å². The van der Waals surface area contributed by atoms with Crippen LogP contribution >= 0.6 is 0 Å². The van der Waals surface area contributed by atoms with Crippen LogP contribution in [0, 0.1) is 11.3 Å². The Morgan fingerprint density at radius 2 is 2.40 bits per heavy atom. The van der Waals surface area contributed by atoms with Gasteiger partial charge >= 0.3 is 0 Å². The van der Waals surface area contributed by atoms with Crippen molar-refractivity contribution in [2.24, 2.45) is 11.3 Å². The SMILES string of the molecule is CCCCC(C)C1(C=O)CCC=CC1O. The molecule has 2 heteroatoms. The van der Waals surface area contributed by atoms with Crippen LogP contribution in [0.4, 0.5) is 0 Å². The van der Waals surface area contributed by atoms with Gasteiger partial charge in [0.25, 0.3) is 0 Å². The van der Waals surface area contributed by atoms with E-state index in [4.69, 9.17) is 0 Å². The molecule has 1 rings (SSSR count).